The largest absolute Gasteiger partial charge is 0.350 e. The van der Waals surface area contributed by atoms with Crippen LogP contribution in [0, 0.1) is 0 Å². The fourth-order valence-corrected chi connectivity index (χ4v) is 3.74. The molecule has 28 heavy (non-hydrogen) atoms. The van der Waals surface area contributed by atoms with E-state index in [0.717, 1.165) is 25.1 Å². The van der Waals surface area contributed by atoms with E-state index >= 15 is 0 Å². The quantitative estimate of drug-likeness (QED) is 0.731. The maximum atomic E-state index is 13.0. The summed E-state index contributed by atoms with van der Waals surface area (Å²) < 4.78 is 2.87. The number of hydrogen-bond donors (Lipinski definition) is 1. The Morgan fingerprint density at radius 3 is 2.79 bits per heavy atom. The van der Waals surface area contributed by atoms with Crippen LogP contribution in [-0.4, -0.2) is 44.6 Å². The van der Waals surface area contributed by atoms with Crippen LogP contribution in [0.15, 0.2) is 53.5 Å². The van der Waals surface area contributed by atoms with Crippen LogP contribution in [0.4, 0.5) is 0 Å². The zero-order valence-corrected chi connectivity index (χ0v) is 16.0. The Morgan fingerprint density at radius 2 is 2.04 bits per heavy atom. The molecular formula is C21H25N5O2. The molecule has 1 amide bonds. The van der Waals surface area contributed by atoms with Crippen molar-refractivity contribution in [1.29, 1.82) is 0 Å². The second-order valence-electron chi connectivity index (χ2n) is 7.09. The normalized spacial score (nSPS) is 17.2. The fraction of sp³-hybridized carbons (Fsp3) is 0.381. The average Bonchev–Trinajstić information content (AvgIpc) is 3.08. The van der Waals surface area contributed by atoms with E-state index in [-0.39, 0.29) is 30.6 Å². The SMILES string of the molecule is CCc1ccc(C2CNCCN2C(=O)CCn2nc3ccccn3c2=O)cc1. The first kappa shape index (κ1) is 18.4. The highest BCUT2D eigenvalue weighted by Gasteiger charge is 2.27. The summed E-state index contributed by atoms with van der Waals surface area (Å²) >= 11 is 0. The summed E-state index contributed by atoms with van der Waals surface area (Å²) in [4.78, 5) is 27.3. The minimum absolute atomic E-state index is 0.0185. The standard InChI is InChI=1S/C21H25N5O2/c1-2-16-6-8-17(9-7-16)18-15-22-11-14-24(18)20(27)10-13-26-21(28)25-12-4-3-5-19(25)23-26/h3-9,12,18,22H,2,10-11,13-15H2,1H3. The monoisotopic (exact) mass is 379 g/mol. The molecule has 0 saturated carbocycles. The molecule has 1 aliphatic heterocycles. The average molecular weight is 379 g/mol. The van der Waals surface area contributed by atoms with Crippen LogP contribution in [0.2, 0.25) is 0 Å². The Balaban J connectivity index is 1.48. The third-order valence-electron chi connectivity index (χ3n) is 5.36. The summed E-state index contributed by atoms with van der Waals surface area (Å²) in [6.07, 6.45) is 2.95. The van der Waals surface area contributed by atoms with Crippen LogP contribution in [0.25, 0.3) is 5.65 Å². The van der Waals surface area contributed by atoms with Gasteiger partial charge in [-0.3, -0.25) is 9.20 Å². The number of carbonyl (C=O) groups is 1. The van der Waals surface area contributed by atoms with Gasteiger partial charge in [0.1, 0.15) is 0 Å². The van der Waals surface area contributed by atoms with Gasteiger partial charge in [0.2, 0.25) is 5.91 Å². The molecule has 0 bridgehead atoms. The summed E-state index contributed by atoms with van der Waals surface area (Å²) in [6.45, 7) is 4.60. The summed E-state index contributed by atoms with van der Waals surface area (Å²) in [5, 5.41) is 7.69. The van der Waals surface area contributed by atoms with Crippen molar-refractivity contribution in [2.75, 3.05) is 19.6 Å². The summed E-state index contributed by atoms with van der Waals surface area (Å²) in [5.74, 6) is 0.0509. The summed E-state index contributed by atoms with van der Waals surface area (Å²) in [5.41, 5.74) is 2.81. The van der Waals surface area contributed by atoms with Crippen molar-refractivity contribution >= 4 is 11.6 Å². The molecule has 4 rings (SSSR count). The Bertz CT molecular complexity index is 1020. The van der Waals surface area contributed by atoms with Crippen LogP contribution < -0.4 is 11.0 Å². The maximum Gasteiger partial charge on any atom is 0.350 e. The molecule has 1 unspecified atom stereocenters. The number of carbonyl (C=O) groups excluding carboxylic acids is 1. The molecule has 0 radical (unpaired) electrons. The Hall–Kier alpha value is -2.93. The number of fused-ring (bicyclic) bond motifs is 1. The van der Waals surface area contributed by atoms with E-state index in [1.165, 1.54) is 14.6 Å². The molecule has 1 saturated heterocycles. The van der Waals surface area contributed by atoms with E-state index in [2.05, 4.69) is 41.6 Å². The second kappa shape index (κ2) is 7.98. The zero-order chi connectivity index (χ0) is 19.5. The number of pyridine rings is 1. The van der Waals surface area contributed by atoms with Gasteiger partial charge >= 0.3 is 5.69 Å². The number of nitrogens with zero attached hydrogens (tertiary/aromatic N) is 4. The predicted octanol–water partition coefficient (Wildman–Crippen LogP) is 1.62. The molecule has 1 fully saturated rings. The molecule has 7 heteroatoms. The summed E-state index contributed by atoms with van der Waals surface area (Å²) in [7, 11) is 0. The van der Waals surface area contributed by atoms with Gasteiger partial charge in [0.05, 0.1) is 12.6 Å². The van der Waals surface area contributed by atoms with Crippen molar-refractivity contribution in [2.24, 2.45) is 0 Å². The topological polar surface area (TPSA) is 71.6 Å². The van der Waals surface area contributed by atoms with Crippen LogP contribution in [-0.2, 0) is 17.8 Å². The fourth-order valence-electron chi connectivity index (χ4n) is 3.74. The van der Waals surface area contributed by atoms with E-state index in [1.807, 2.05) is 11.0 Å². The van der Waals surface area contributed by atoms with E-state index in [9.17, 15) is 9.59 Å². The third kappa shape index (κ3) is 3.57. The highest BCUT2D eigenvalue weighted by Crippen LogP contribution is 2.23. The minimum atomic E-state index is -0.213. The van der Waals surface area contributed by atoms with E-state index in [4.69, 9.17) is 0 Å². The maximum absolute atomic E-state index is 13.0. The van der Waals surface area contributed by atoms with Gasteiger partial charge in [-0.15, -0.1) is 5.10 Å². The van der Waals surface area contributed by atoms with E-state index < -0.39 is 0 Å². The molecule has 0 aliphatic carbocycles. The van der Waals surface area contributed by atoms with Gasteiger partial charge in [-0.25, -0.2) is 9.48 Å². The number of hydrogen-bond acceptors (Lipinski definition) is 4. The molecular weight excluding hydrogens is 354 g/mol. The van der Waals surface area contributed by atoms with E-state index in [1.54, 1.807) is 18.3 Å². The van der Waals surface area contributed by atoms with Crippen LogP contribution in [0.5, 0.6) is 0 Å². The van der Waals surface area contributed by atoms with E-state index in [0.29, 0.717) is 12.2 Å². The number of nitrogens with one attached hydrogen (secondary N) is 1. The number of aromatic nitrogens is 3. The first-order valence-corrected chi connectivity index (χ1v) is 9.80. The van der Waals surface area contributed by atoms with Gasteiger partial charge < -0.3 is 10.2 Å². The lowest BCUT2D eigenvalue weighted by molar-refractivity contribution is -0.134. The van der Waals surface area contributed by atoms with Crippen molar-refractivity contribution < 1.29 is 4.79 Å². The molecule has 3 heterocycles. The van der Waals surface area contributed by atoms with Crippen LogP contribution in [0.1, 0.15) is 30.5 Å². The molecule has 2 aromatic heterocycles. The Kier molecular flexibility index (Phi) is 5.25. The van der Waals surface area contributed by atoms with Crippen LogP contribution >= 0.6 is 0 Å². The number of amides is 1. The predicted molar refractivity (Wildman–Crippen MR) is 107 cm³/mol. The molecule has 146 valence electrons. The van der Waals surface area contributed by atoms with Crippen molar-refractivity contribution in [2.45, 2.75) is 32.4 Å². The number of benzene rings is 1. The number of rotatable bonds is 5. The lowest BCUT2D eigenvalue weighted by atomic mass is 10.0. The molecule has 0 spiro atoms. The molecule has 1 aliphatic rings. The molecule has 7 nitrogen and oxygen atoms in total. The van der Waals surface area contributed by atoms with Crippen molar-refractivity contribution in [1.82, 2.24) is 24.4 Å². The van der Waals surface area contributed by atoms with Gasteiger partial charge in [-0.1, -0.05) is 37.3 Å². The molecule has 1 N–H and O–H groups in total. The van der Waals surface area contributed by atoms with Gasteiger partial charge in [-0.05, 0) is 29.7 Å². The lowest BCUT2D eigenvalue weighted by Gasteiger charge is -2.36. The Morgan fingerprint density at radius 1 is 1.21 bits per heavy atom. The van der Waals surface area contributed by atoms with Gasteiger partial charge in [-0.2, -0.15) is 0 Å². The minimum Gasteiger partial charge on any atom is -0.333 e. The number of aryl methyl sites for hydroxylation is 2. The lowest BCUT2D eigenvalue weighted by Crippen LogP contribution is -2.49. The second-order valence-corrected chi connectivity index (χ2v) is 7.09. The Labute approximate surface area is 163 Å². The van der Waals surface area contributed by atoms with Crippen molar-refractivity contribution in [3.63, 3.8) is 0 Å². The highest BCUT2D eigenvalue weighted by molar-refractivity contribution is 5.77. The molecule has 3 aromatic rings. The first-order valence-electron chi connectivity index (χ1n) is 9.80. The summed E-state index contributed by atoms with van der Waals surface area (Å²) in [6, 6.07) is 13.9. The molecule has 1 aromatic carbocycles. The number of piperazine rings is 1. The van der Waals surface area contributed by atoms with Crippen molar-refractivity contribution in [3.8, 4) is 0 Å². The van der Waals surface area contributed by atoms with Crippen LogP contribution in [0.3, 0.4) is 0 Å². The molecule has 1 atom stereocenters. The van der Waals surface area contributed by atoms with Gasteiger partial charge in [0, 0.05) is 32.3 Å². The van der Waals surface area contributed by atoms with Crippen molar-refractivity contribution in [3.05, 3.63) is 70.3 Å². The smallest absolute Gasteiger partial charge is 0.333 e. The highest BCUT2D eigenvalue weighted by atomic mass is 16.2. The first-order chi connectivity index (χ1) is 13.7. The third-order valence-corrected chi connectivity index (χ3v) is 5.36. The van der Waals surface area contributed by atoms with Gasteiger partial charge in [0.25, 0.3) is 0 Å². The van der Waals surface area contributed by atoms with Gasteiger partial charge in [0.15, 0.2) is 5.65 Å². The zero-order valence-electron chi connectivity index (χ0n) is 16.0.